The molecule has 0 aromatic rings. The van der Waals surface area contributed by atoms with Gasteiger partial charge >= 0.3 is 6.09 Å². The van der Waals surface area contributed by atoms with Gasteiger partial charge in [0.15, 0.2) is 8.32 Å². The lowest BCUT2D eigenvalue weighted by molar-refractivity contribution is 0.0503. The average molecular weight is 368 g/mol. The Morgan fingerprint density at radius 1 is 1.20 bits per heavy atom. The number of hydrogen-bond donors (Lipinski definition) is 1. The van der Waals surface area contributed by atoms with E-state index in [9.17, 15) is 4.79 Å². The minimum atomic E-state index is -1.83. The molecule has 1 N–H and O–H groups in total. The first-order valence-corrected chi connectivity index (χ1v) is 11.0. The summed E-state index contributed by atoms with van der Waals surface area (Å²) < 4.78 is 11.5. The Hall–Kier alpha value is -0.0731. The Bertz CT molecular complexity index is 321. The zero-order valence-corrected chi connectivity index (χ0v) is 16.7. The zero-order chi connectivity index (χ0) is 16.2. The van der Waals surface area contributed by atoms with Gasteiger partial charge in [-0.25, -0.2) is 4.79 Å². The van der Waals surface area contributed by atoms with Crippen LogP contribution in [0.2, 0.25) is 18.1 Å². The van der Waals surface area contributed by atoms with Gasteiger partial charge in [0.25, 0.3) is 0 Å². The normalized spacial score (nSPS) is 14.8. The van der Waals surface area contributed by atoms with Gasteiger partial charge in [-0.2, -0.15) is 0 Å². The lowest BCUT2D eigenvalue weighted by Gasteiger charge is -2.39. The Balaban J connectivity index is 4.41. The number of amides is 1. The molecule has 0 bridgehead atoms. The highest BCUT2D eigenvalue weighted by atomic mass is 79.9. The summed E-state index contributed by atoms with van der Waals surface area (Å²) in [5.74, 6) is 0. The minimum absolute atomic E-state index is 0.0385. The smallest absolute Gasteiger partial charge is 0.407 e. The maximum Gasteiger partial charge on any atom is 0.407 e. The number of hydrogen-bond acceptors (Lipinski definition) is 3. The van der Waals surface area contributed by atoms with Crippen molar-refractivity contribution < 1.29 is 14.0 Å². The van der Waals surface area contributed by atoms with Gasteiger partial charge < -0.3 is 14.5 Å². The summed E-state index contributed by atoms with van der Waals surface area (Å²) in [6.45, 7) is 17.0. The standard InChI is InChI=1S/C14H30BrNO3Si/c1-13(2,3)18-12(17)16-10-11(9-15)19-20(7,8)14(4,5)6/h11H,9-10H2,1-8H3,(H,16,17)/t11-/m1/s1. The molecule has 0 saturated carbocycles. The van der Waals surface area contributed by atoms with E-state index in [-0.39, 0.29) is 11.1 Å². The minimum Gasteiger partial charge on any atom is -0.444 e. The number of rotatable bonds is 5. The van der Waals surface area contributed by atoms with Gasteiger partial charge in [-0.1, -0.05) is 36.7 Å². The van der Waals surface area contributed by atoms with Crippen LogP contribution in [0.15, 0.2) is 0 Å². The summed E-state index contributed by atoms with van der Waals surface area (Å²) >= 11 is 3.45. The molecule has 20 heavy (non-hydrogen) atoms. The van der Waals surface area contributed by atoms with Crippen molar-refractivity contribution in [2.45, 2.75) is 71.4 Å². The molecule has 0 aromatic heterocycles. The van der Waals surface area contributed by atoms with Crippen LogP contribution in [0.5, 0.6) is 0 Å². The molecule has 1 atom stereocenters. The molecule has 0 unspecified atom stereocenters. The Kier molecular flexibility index (Phi) is 7.24. The summed E-state index contributed by atoms with van der Waals surface area (Å²) in [6.07, 6.45) is -0.439. The molecule has 0 aliphatic carbocycles. The van der Waals surface area contributed by atoms with Crippen LogP contribution in [0.1, 0.15) is 41.5 Å². The number of alkyl carbamates (subject to hydrolysis) is 1. The van der Waals surface area contributed by atoms with Crippen LogP contribution in [0.25, 0.3) is 0 Å². The second-order valence-corrected chi connectivity index (χ2v) is 12.9. The molecule has 1 amide bonds. The van der Waals surface area contributed by atoms with Crippen molar-refractivity contribution >= 4 is 30.3 Å². The number of carbonyl (C=O) groups excluding carboxylic acids is 1. The van der Waals surface area contributed by atoms with Crippen molar-refractivity contribution in [1.82, 2.24) is 5.32 Å². The van der Waals surface area contributed by atoms with E-state index in [1.165, 1.54) is 0 Å². The zero-order valence-electron chi connectivity index (χ0n) is 14.1. The number of alkyl halides is 1. The van der Waals surface area contributed by atoms with Crippen molar-refractivity contribution in [1.29, 1.82) is 0 Å². The number of carbonyl (C=O) groups is 1. The molecule has 0 saturated heterocycles. The summed E-state index contributed by atoms with van der Waals surface area (Å²) in [5, 5.41) is 3.61. The fourth-order valence-electron chi connectivity index (χ4n) is 1.23. The van der Waals surface area contributed by atoms with Crippen LogP contribution >= 0.6 is 15.9 Å². The quantitative estimate of drug-likeness (QED) is 0.582. The van der Waals surface area contributed by atoms with E-state index in [2.05, 4.69) is 55.1 Å². The molecular formula is C14H30BrNO3Si. The van der Waals surface area contributed by atoms with Crippen LogP contribution in [0.4, 0.5) is 4.79 Å². The Morgan fingerprint density at radius 3 is 2.05 bits per heavy atom. The summed E-state index contributed by atoms with van der Waals surface area (Å²) in [4.78, 5) is 11.6. The molecule has 0 aromatic carbocycles. The second-order valence-electron chi connectivity index (χ2n) is 7.54. The van der Waals surface area contributed by atoms with E-state index in [0.717, 1.165) is 0 Å². The van der Waals surface area contributed by atoms with Crippen molar-refractivity contribution in [3.8, 4) is 0 Å². The maximum atomic E-state index is 11.6. The van der Waals surface area contributed by atoms with E-state index in [1.807, 2.05) is 20.8 Å². The SMILES string of the molecule is CC(C)(C)OC(=O)NC[C@@H](CBr)O[Si](C)(C)C(C)(C)C. The van der Waals surface area contributed by atoms with Gasteiger partial charge in [0.2, 0.25) is 0 Å². The molecule has 0 aliphatic heterocycles. The largest absolute Gasteiger partial charge is 0.444 e. The van der Waals surface area contributed by atoms with Crippen molar-refractivity contribution in [3.63, 3.8) is 0 Å². The van der Waals surface area contributed by atoms with Gasteiger partial charge in [0.1, 0.15) is 5.60 Å². The number of nitrogens with one attached hydrogen (secondary N) is 1. The molecule has 0 heterocycles. The van der Waals surface area contributed by atoms with Crippen molar-refractivity contribution in [2.24, 2.45) is 0 Å². The van der Waals surface area contributed by atoms with Crippen LogP contribution in [-0.2, 0) is 9.16 Å². The number of halogens is 1. The van der Waals surface area contributed by atoms with Crippen LogP contribution in [-0.4, -0.2) is 38.0 Å². The van der Waals surface area contributed by atoms with Crippen molar-refractivity contribution in [2.75, 3.05) is 11.9 Å². The van der Waals surface area contributed by atoms with E-state index in [4.69, 9.17) is 9.16 Å². The molecule has 4 nitrogen and oxygen atoms in total. The summed E-state index contributed by atoms with van der Waals surface area (Å²) in [7, 11) is -1.83. The van der Waals surface area contributed by atoms with Gasteiger partial charge in [-0.15, -0.1) is 0 Å². The van der Waals surface area contributed by atoms with Crippen LogP contribution < -0.4 is 5.32 Å². The summed E-state index contributed by atoms with van der Waals surface area (Å²) in [6, 6.07) is 0. The fourth-order valence-corrected chi connectivity index (χ4v) is 3.19. The first-order chi connectivity index (χ1) is 8.78. The Morgan fingerprint density at radius 2 is 1.70 bits per heavy atom. The molecule has 6 heteroatoms. The third kappa shape index (κ3) is 7.64. The predicted octanol–water partition coefficient (Wildman–Crippen LogP) is 4.30. The second kappa shape index (κ2) is 7.27. The van der Waals surface area contributed by atoms with E-state index >= 15 is 0 Å². The molecule has 0 fully saturated rings. The average Bonchev–Trinajstić information content (AvgIpc) is 2.19. The van der Waals surface area contributed by atoms with Gasteiger partial charge in [0.05, 0.1) is 6.10 Å². The molecular weight excluding hydrogens is 338 g/mol. The van der Waals surface area contributed by atoms with Crippen molar-refractivity contribution in [3.05, 3.63) is 0 Å². The van der Waals surface area contributed by atoms with E-state index in [1.54, 1.807) is 0 Å². The number of ether oxygens (including phenoxy) is 1. The Labute approximate surface area is 133 Å². The third-order valence-corrected chi connectivity index (χ3v) is 8.57. The van der Waals surface area contributed by atoms with Gasteiger partial charge in [-0.3, -0.25) is 0 Å². The molecule has 0 aliphatic rings. The highest BCUT2D eigenvalue weighted by molar-refractivity contribution is 9.09. The van der Waals surface area contributed by atoms with Gasteiger partial charge in [0, 0.05) is 11.9 Å². The third-order valence-electron chi connectivity index (χ3n) is 3.31. The highest BCUT2D eigenvalue weighted by Gasteiger charge is 2.39. The lowest BCUT2D eigenvalue weighted by Crippen LogP contribution is -2.48. The fraction of sp³-hybridized carbons (Fsp3) is 0.929. The van der Waals surface area contributed by atoms with E-state index in [0.29, 0.717) is 11.9 Å². The predicted molar refractivity (Wildman–Crippen MR) is 90.1 cm³/mol. The van der Waals surface area contributed by atoms with Gasteiger partial charge in [-0.05, 0) is 38.9 Å². The van der Waals surface area contributed by atoms with Crippen LogP contribution in [0, 0.1) is 0 Å². The summed E-state index contributed by atoms with van der Waals surface area (Å²) in [5.41, 5.74) is -0.478. The molecule has 0 rings (SSSR count). The van der Waals surface area contributed by atoms with Crippen LogP contribution in [0.3, 0.4) is 0 Å². The van der Waals surface area contributed by atoms with E-state index < -0.39 is 20.0 Å². The topological polar surface area (TPSA) is 47.6 Å². The maximum absolute atomic E-state index is 11.6. The first kappa shape index (κ1) is 19.9. The highest BCUT2D eigenvalue weighted by Crippen LogP contribution is 2.37. The first-order valence-electron chi connectivity index (χ1n) is 6.99. The lowest BCUT2D eigenvalue weighted by atomic mass is 10.2. The molecule has 120 valence electrons. The monoisotopic (exact) mass is 367 g/mol. The molecule has 0 radical (unpaired) electrons. The molecule has 0 spiro atoms.